The lowest BCUT2D eigenvalue weighted by Gasteiger charge is -2.07. The number of nitrogens with zero attached hydrogens (tertiary/aromatic N) is 1. The lowest BCUT2D eigenvalue weighted by atomic mass is 10.3. The van der Waals surface area contributed by atoms with E-state index in [0.717, 1.165) is 5.69 Å². The second kappa shape index (κ2) is 6.32. The fourth-order valence-corrected chi connectivity index (χ4v) is 1.93. The summed E-state index contributed by atoms with van der Waals surface area (Å²) in [4.78, 5) is 18.8. The first kappa shape index (κ1) is 14.2. The molecule has 2 aromatic carbocycles. The van der Waals surface area contributed by atoms with Crippen molar-refractivity contribution >= 4 is 23.2 Å². The van der Waals surface area contributed by atoms with Crippen molar-refractivity contribution in [3.05, 3.63) is 76.2 Å². The van der Waals surface area contributed by atoms with Gasteiger partial charge in [-0.1, -0.05) is 29.8 Å². The van der Waals surface area contributed by atoms with Gasteiger partial charge in [-0.2, -0.15) is 0 Å². The highest BCUT2D eigenvalue weighted by Crippen LogP contribution is 2.18. The quantitative estimate of drug-likeness (QED) is 0.765. The minimum Gasteiger partial charge on any atom is -0.450 e. The van der Waals surface area contributed by atoms with Crippen molar-refractivity contribution in [3.63, 3.8) is 0 Å². The van der Waals surface area contributed by atoms with Gasteiger partial charge >= 0.3 is 0 Å². The maximum absolute atomic E-state index is 12.0. The highest BCUT2D eigenvalue weighted by molar-refractivity contribution is 6.30. The summed E-state index contributed by atoms with van der Waals surface area (Å²) in [5, 5.41) is 3.62. The lowest BCUT2D eigenvalue weighted by Crippen LogP contribution is -2.12. The summed E-state index contributed by atoms with van der Waals surface area (Å²) in [5.74, 6) is 1.04. The highest BCUT2D eigenvalue weighted by Gasteiger charge is 2.05. The van der Waals surface area contributed by atoms with Crippen LogP contribution >= 0.6 is 11.6 Å². The van der Waals surface area contributed by atoms with Crippen LogP contribution in [0.25, 0.3) is 0 Å². The number of ether oxygens (including phenoxy) is 1. The molecular formula is C16H12ClN3O2. The Morgan fingerprint density at radius 1 is 1.05 bits per heavy atom. The number of halogens is 1. The number of hydrogen-bond acceptors (Lipinski definition) is 4. The molecule has 0 amide bonds. The van der Waals surface area contributed by atoms with Crippen LogP contribution in [0, 0.1) is 0 Å². The smallest absolute Gasteiger partial charge is 0.295 e. The molecular weight excluding hydrogens is 302 g/mol. The van der Waals surface area contributed by atoms with Gasteiger partial charge in [-0.15, -0.1) is 0 Å². The predicted octanol–water partition coefficient (Wildman–Crippen LogP) is 3.96. The Bertz CT molecular complexity index is 817. The number of anilines is 2. The number of rotatable bonds is 4. The Hall–Kier alpha value is -2.79. The van der Waals surface area contributed by atoms with Crippen LogP contribution < -0.4 is 15.6 Å². The number of H-pyrrole nitrogens is 1. The molecule has 110 valence electrons. The molecule has 6 heteroatoms. The topological polar surface area (TPSA) is 67.0 Å². The molecule has 0 aliphatic heterocycles. The van der Waals surface area contributed by atoms with Crippen molar-refractivity contribution in [2.24, 2.45) is 0 Å². The van der Waals surface area contributed by atoms with Gasteiger partial charge < -0.3 is 10.1 Å². The third kappa shape index (κ3) is 3.45. The Kier molecular flexibility index (Phi) is 4.07. The van der Waals surface area contributed by atoms with Crippen LogP contribution in [0.5, 0.6) is 11.5 Å². The molecule has 1 aromatic heterocycles. The fraction of sp³-hybridized carbons (Fsp3) is 0. The SMILES string of the molecule is O=c1[nH]c(Nc2ccc(Cl)cc2)ncc1Oc1ccccc1. The van der Waals surface area contributed by atoms with E-state index in [1.54, 1.807) is 36.4 Å². The number of para-hydroxylation sites is 1. The highest BCUT2D eigenvalue weighted by atomic mass is 35.5. The summed E-state index contributed by atoms with van der Waals surface area (Å²) in [6, 6.07) is 16.1. The normalized spacial score (nSPS) is 10.2. The maximum Gasteiger partial charge on any atom is 0.295 e. The third-order valence-electron chi connectivity index (χ3n) is 2.84. The van der Waals surface area contributed by atoms with Crippen molar-refractivity contribution in [1.29, 1.82) is 0 Å². The zero-order valence-corrected chi connectivity index (χ0v) is 12.2. The molecule has 2 N–H and O–H groups in total. The zero-order chi connectivity index (χ0) is 15.4. The second-order valence-electron chi connectivity index (χ2n) is 4.47. The Balaban J connectivity index is 1.77. The largest absolute Gasteiger partial charge is 0.450 e. The number of benzene rings is 2. The van der Waals surface area contributed by atoms with Gasteiger partial charge in [0.05, 0.1) is 6.20 Å². The Morgan fingerprint density at radius 3 is 2.45 bits per heavy atom. The first-order chi connectivity index (χ1) is 10.7. The monoisotopic (exact) mass is 313 g/mol. The van der Waals surface area contributed by atoms with Crippen molar-refractivity contribution < 1.29 is 4.74 Å². The van der Waals surface area contributed by atoms with Crippen LogP contribution in [0.3, 0.4) is 0 Å². The number of aromatic amines is 1. The van der Waals surface area contributed by atoms with E-state index in [1.807, 2.05) is 18.2 Å². The molecule has 0 aliphatic carbocycles. The van der Waals surface area contributed by atoms with E-state index in [1.165, 1.54) is 6.20 Å². The van der Waals surface area contributed by atoms with Crippen molar-refractivity contribution in [3.8, 4) is 11.5 Å². The van der Waals surface area contributed by atoms with Gasteiger partial charge in [-0.3, -0.25) is 9.78 Å². The predicted molar refractivity (Wildman–Crippen MR) is 86.1 cm³/mol. The van der Waals surface area contributed by atoms with Gasteiger partial charge in [0.25, 0.3) is 5.56 Å². The van der Waals surface area contributed by atoms with E-state index < -0.39 is 0 Å². The number of nitrogens with one attached hydrogen (secondary N) is 2. The Morgan fingerprint density at radius 2 is 1.77 bits per heavy atom. The molecule has 0 saturated carbocycles. The molecule has 0 saturated heterocycles. The fourth-order valence-electron chi connectivity index (χ4n) is 1.80. The van der Waals surface area contributed by atoms with Gasteiger partial charge in [0.2, 0.25) is 11.7 Å². The molecule has 0 spiro atoms. The molecule has 22 heavy (non-hydrogen) atoms. The molecule has 0 unspecified atom stereocenters. The van der Waals surface area contributed by atoms with Crippen LogP contribution in [-0.2, 0) is 0 Å². The first-order valence-electron chi connectivity index (χ1n) is 6.55. The summed E-state index contributed by atoms with van der Waals surface area (Å²) in [5.41, 5.74) is 0.402. The standard InChI is InChI=1S/C16H12ClN3O2/c17-11-6-8-12(9-7-11)19-16-18-10-14(15(21)20-16)22-13-4-2-1-3-5-13/h1-10H,(H2,18,19,20,21). The van der Waals surface area contributed by atoms with E-state index in [9.17, 15) is 4.79 Å². The van der Waals surface area contributed by atoms with Crippen LogP contribution in [0.15, 0.2) is 65.6 Å². The van der Waals surface area contributed by atoms with Gasteiger partial charge in [-0.25, -0.2) is 4.98 Å². The summed E-state index contributed by atoms with van der Waals surface area (Å²) < 4.78 is 5.48. The third-order valence-corrected chi connectivity index (χ3v) is 3.10. The maximum atomic E-state index is 12.0. The van der Waals surface area contributed by atoms with Crippen LogP contribution in [0.2, 0.25) is 5.02 Å². The van der Waals surface area contributed by atoms with Gasteiger partial charge in [0.1, 0.15) is 5.75 Å². The summed E-state index contributed by atoms with van der Waals surface area (Å²) in [6.07, 6.45) is 1.38. The van der Waals surface area contributed by atoms with E-state index in [-0.39, 0.29) is 11.3 Å². The molecule has 0 aliphatic rings. The van der Waals surface area contributed by atoms with E-state index in [2.05, 4.69) is 15.3 Å². The molecule has 1 heterocycles. The zero-order valence-electron chi connectivity index (χ0n) is 11.4. The van der Waals surface area contributed by atoms with E-state index >= 15 is 0 Å². The summed E-state index contributed by atoms with van der Waals surface area (Å²) in [6.45, 7) is 0. The number of hydrogen-bond donors (Lipinski definition) is 2. The van der Waals surface area contributed by atoms with Crippen molar-refractivity contribution in [2.75, 3.05) is 5.32 Å². The van der Waals surface area contributed by atoms with Gasteiger partial charge in [0.15, 0.2) is 0 Å². The molecule has 0 bridgehead atoms. The lowest BCUT2D eigenvalue weighted by molar-refractivity contribution is 0.472. The molecule has 3 rings (SSSR count). The molecule has 0 fully saturated rings. The number of aromatic nitrogens is 2. The van der Waals surface area contributed by atoms with E-state index in [4.69, 9.17) is 16.3 Å². The van der Waals surface area contributed by atoms with Crippen LogP contribution in [-0.4, -0.2) is 9.97 Å². The van der Waals surface area contributed by atoms with Crippen molar-refractivity contribution in [2.45, 2.75) is 0 Å². The molecule has 3 aromatic rings. The molecule has 0 atom stereocenters. The minimum atomic E-state index is -0.365. The Labute approximate surface area is 131 Å². The average molecular weight is 314 g/mol. The van der Waals surface area contributed by atoms with Crippen LogP contribution in [0.1, 0.15) is 0 Å². The van der Waals surface area contributed by atoms with Crippen LogP contribution in [0.4, 0.5) is 11.6 Å². The van der Waals surface area contributed by atoms with E-state index in [0.29, 0.717) is 16.7 Å². The summed E-state index contributed by atoms with van der Waals surface area (Å²) in [7, 11) is 0. The second-order valence-corrected chi connectivity index (χ2v) is 4.91. The summed E-state index contributed by atoms with van der Waals surface area (Å²) >= 11 is 5.82. The molecule has 5 nitrogen and oxygen atoms in total. The molecule has 0 radical (unpaired) electrons. The van der Waals surface area contributed by atoms with Crippen molar-refractivity contribution in [1.82, 2.24) is 9.97 Å². The first-order valence-corrected chi connectivity index (χ1v) is 6.93. The average Bonchev–Trinajstić information content (AvgIpc) is 2.53. The van der Waals surface area contributed by atoms with Gasteiger partial charge in [0, 0.05) is 10.7 Å². The minimum absolute atomic E-state index is 0.132. The van der Waals surface area contributed by atoms with Gasteiger partial charge in [-0.05, 0) is 36.4 Å².